The molecule has 0 aromatic carbocycles. The van der Waals surface area contributed by atoms with Crippen molar-refractivity contribution in [3.8, 4) is 0 Å². The Morgan fingerprint density at radius 1 is 1.22 bits per heavy atom. The second-order valence-corrected chi connectivity index (χ2v) is 11.8. The average Bonchev–Trinajstić information content (AvgIpc) is 3.20. The summed E-state index contributed by atoms with van der Waals surface area (Å²) >= 11 is 0. The third-order valence-electron chi connectivity index (χ3n) is 11.2. The van der Waals surface area contributed by atoms with Crippen molar-refractivity contribution in [2.75, 3.05) is 33.9 Å². The van der Waals surface area contributed by atoms with Gasteiger partial charge in [-0.2, -0.15) is 0 Å². The average molecular weight is 450 g/mol. The van der Waals surface area contributed by atoms with Crippen LogP contribution < -0.4 is 0 Å². The van der Waals surface area contributed by atoms with E-state index < -0.39 is 11.7 Å². The molecule has 6 rings (SSSR count). The monoisotopic (exact) mass is 449 g/mol. The van der Waals surface area contributed by atoms with Gasteiger partial charge >= 0.3 is 5.97 Å². The maximum absolute atomic E-state index is 12.5. The molecule has 1 heterocycles. The summed E-state index contributed by atoms with van der Waals surface area (Å²) in [7, 11) is 3.51. The van der Waals surface area contributed by atoms with Crippen LogP contribution in [0.2, 0.25) is 0 Å². The number of rotatable bonds is 5. The van der Waals surface area contributed by atoms with Gasteiger partial charge in [-0.25, -0.2) is 0 Å². The molecule has 7 heteroatoms. The highest BCUT2D eigenvalue weighted by Crippen LogP contribution is 2.79. The Labute approximate surface area is 190 Å². The molecule has 0 aromatic rings. The predicted octanol–water partition coefficient (Wildman–Crippen LogP) is 1.45. The number of nitrogens with zero attached hydrogens (tertiary/aromatic N) is 1. The third kappa shape index (κ3) is 2.28. The van der Waals surface area contributed by atoms with Gasteiger partial charge < -0.3 is 24.4 Å². The van der Waals surface area contributed by atoms with Crippen molar-refractivity contribution in [3.63, 3.8) is 0 Å². The Hall–Kier alpha value is -0.730. The van der Waals surface area contributed by atoms with E-state index in [1.54, 1.807) is 14.2 Å². The third-order valence-corrected chi connectivity index (χ3v) is 11.2. The number of esters is 1. The van der Waals surface area contributed by atoms with E-state index in [1.165, 1.54) is 6.92 Å². The summed E-state index contributed by atoms with van der Waals surface area (Å²) in [6.45, 7) is 6.27. The zero-order valence-corrected chi connectivity index (χ0v) is 19.8. The first-order valence-electron chi connectivity index (χ1n) is 12.6. The SMILES string of the molecule is CCN1C[C@]2(COC)CC[C@H](O)[C@]34C1[C@H](C[C@H]23)[C@@]1(O)C[C@H](OC)[C@H]2C[C@@H]4[C@@H]1C2OC(C)=O. The molecule has 32 heavy (non-hydrogen) atoms. The second kappa shape index (κ2) is 6.91. The largest absolute Gasteiger partial charge is 0.462 e. The van der Waals surface area contributed by atoms with Crippen molar-refractivity contribution >= 4 is 5.97 Å². The molecule has 6 fully saturated rings. The molecule has 1 aliphatic heterocycles. The van der Waals surface area contributed by atoms with E-state index in [-0.39, 0.29) is 58.7 Å². The molecule has 7 nitrogen and oxygen atoms in total. The van der Waals surface area contributed by atoms with Gasteiger partial charge in [0.1, 0.15) is 6.10 Å². The molecule has 180 valence electrons. The summed E-state index contributed by atoms with van der Waals surface area (Å²) in [4.78, 5) is 14.7. The number of hydrogen-bond donors (Lipinski definition) is 2. The highest BCUT2D eigenvalue weighted by molar-refractivity contribution is 5.66. The molecule has 5 aliphatic carbocycles. The van der Waals surface area contributed by atoms with Crippen LogP contribution in [-0.2, 0) is 19.0 Å². The highest BCUT2D eigenvalue weighted by atomic mass is 16.5. The van der Waals surface area contributed by atoms with Crippen LogP contribution >= 0.6 is 0 Å². The maximum Gasteiger partial charge on any atom is 0.302 e. The van der Waals surface area contributed by atoms with Gasteiger partial charge in [-0.1, -0.05) is 6.92 Å². The van der Waals surface area contributed by atoms with E-state index in [1.807, 2.05) is 0 Å². The number of aliphatic hydroxyl groups excluding tert-OH is 1. The molecule has 0 amide bonds. The molecule has 7 bridgehead atoms. The van der Waals surface area contributed by atoms with Crippen molar-refractivity contribution in [1.29, 1.82) is 0 Å². The van der Waals surface area contributed by atoms with E-state index in [4.69, 9.17) is 14.2 Å². The summed E-state index contributed by atoms with van der Waals surface area (Å²) < 4.78 is 17.7. The van der Waals surface area contributed by atoms with Gasteiger partial charge in [-0.05, 0) is 44.1 Å². The summed E-state index contributed by atoms with van der Waals surface area (Å²) in [5.41, 5.74) is -1.20. The molecule has 0 radical (unpaired) electrons. The van der Waals surface area contributed by atoms with Gasteiger partial charge in [0.15, 0.2) is 0 Å². The topological polar surface area (TPSA) is 88.5 Å². The lowest BCUT2D eigenvalue weighted by Gasteiger charge is -2.69. The van der Waals surface area contributed by atoms with Crippen LogP contribution in [0.15, 0.2) is 0 Å². The molecule has 1 spiro atoms. The predicted molar refractivity (Wildman–Crippen MR) is 116 cm³/mol. The Kier molecular flexibility index (Phi) is 4.70. The maximum atomic E-state index is 12.5. The van der Waals surface area contributed by atoms with Gasteiger partial charge in [0, 0.05) is 68.7 Å². The number of likely N-dealkylation sites (tertiary alicyclic amines) is 1. The number of ether oxygens (including phenoxy) is 3. The minimum absolute atomic E-state index is 0.0138. The number of hydrogen-bond acceptors (Lipinski definition) is 7. The summed E-state index contributed by atoms with van der Waals surface area (Å²) in [5.74, 6) is 0.164. The molecule has 5 saturated carbocycles. The number of fused-ring (bicyclic) bond motifs is 2. The van der Waals surface area contributed by atoms with Crippen molar-refractivity contribution < 1.29 is 29.2 Å². The van der Waals surface area contributed by atoms with Gasteiger partial charge in [0.05, 0.1) is 24.4 Å². The molecule has 2 N–H and O–H groups in total. The zero-order valence-electron chi connectivity index (χ0n) is 19.8. The number of piperidine rings is 1. The van der Waals surface area contributed by atoms with Crippen LogP contribution in [0.25, 0.3) is 0 Å². The minimum Gasteiger partial charge on any atom is -0.462 e. The van der Waals surface area contributed by atoms with Gasteiger partial charge in [0.2, 0.25) is 0 Å². The molecule has 6 aliphatic rings. The van der Waals surface area contributed by atoms with Crippen LogP contribution in [0.1, 0.15) is 46.0 Å². The number of carbonyl (C=O) groups is 1. The number of aliphatic hydroxyl groups is 2. The molecule has 12 atom stereocenters. The molecular weight excluding hydrogens is 410 g/mol. The van der Waals surface area contributed by atoms with E-state index in [0.29, 0.717) is 18.9 Å². The number of carbonyl (C=O) groups excluding carboxylic acids is 1. The highest BCUT2D eigenvalue weighted by Gasteiger charge is 2.83. The first-order chi connectivity index (χ1) is 15.3. The zero-order chi connectivity index (χ0) is 22.6. The smallest absolute Gasteiger partial charge is 0.302 e. The molecule has 2 unspecified atom stereocenters. The van der Waals surface area contributed by atoms with Gasteiger partial charge in [-0.15, -0.1) is 0 Å². The normalized spacial score (nSPS) is 57.5. The number of methoxy groups -OCH3 is 2. The summed E-state index contributed by atoms with van der Waals surface area (Å²) in [5, 5.41) is 24.4. The quantitative estimate of drug-likeness (QED) is 0.614. The second-order valence-electron chi connectivity index (χ2n) is 11.8. The summed E-state index contributed by atoms with van der Waals surface area (Å²) in [6.07, 6.45) is 3.27. The van der Waals surface area contributed by atoms with Crippen molar-refractivity contribution in [1.82, 2.24) is 4.90 Å². The Bertz CT molecular complexity index is 807. The van der Waals surface area contributed by atoms with Crippen LogP contribution in [0.3, 0.4) is 0 Å². The van der Waals surface area contributed by atoms with E-state index >= 15 is 0 Å². The molecule has 0 aromatic heterocycles. The van der Waals surface area contributed by atoms with E-state index in [9.17, 15) is 15.0 Å². The first-order valence-corrected chi connectivity index (χ1v) is 12.6. The fourth-order valence-corrected chi connectivity index (χ4v) is 10.7. The van der Waals surface area contributed by atoms with Gasteiger partial charge in [0.25, 0.3) is 0 Å². The van der Waals surface area contributed by atoms with E-state index in [2.05, 4.69) is 11.8 Å². The van der Waals surface area contributed by atoms with Crippen LogP contribution in [0, 0.1) is 40.4 Å². The standard InChI is InChI=1S/C25H39NO6/c1-5-26-11-23(12-30-3)7-6-19(28)25-15-8-14-17(31-4)10-24(29,16(22(25)26)9-18(23)25)20(15)21(14)32-13(2)27/h14-22,28-29H,5-12H2,1-4H3/t14-,15-,16+,17+,18-,19+,20-,21?,22?,23+,24+,25-/m1/s1. The molecular formula is C25H39NO6. The van der Waals surface area contributed by atoms with Crippen molar-refractivity contribution in [2.24, 2.45) is 40.4 Å². The van der Waals surface area contributed by atoms with Crippen molar-refractivity contribution in [3.05, 3.63) is 0 Å². The van der Waals surface area contributed by atoms with Crippen LogP contribution in [0.4, 0.5) is 0 Å². The van der Waals surface area contributed by atoms with E-state index in [0.717, 1.165) is 38.8 Å². The summed E-state index contributed by atoms with van der Waals surface area (Å²) in [6, 6.07) is 0.163. The lowest BCUT2D eigenvalue weighted by molar-refractivity contribution is -0.274. The Balaban J connectivity index is 1.56. The molecule has 1 saturated heterocycles. The minimum atomic E-state index is -0.942. The Morgan fingerprint density at radius 2 is 2.00 bits per heavy atom. The fourth-order valence-electron chi connectivity index (χ4n) is 10.7. The lowest BCUT2D eigenvalue weighted by atomic mass is 9.43. The Morgan fingerprint density at radius 3 is 2.66 bits per heavy atom. The van der Waals surface area contributed by atoms with Crippen LogP contribution in [0.5, 0.6) is 0 Å². The van der Waals surface area contributed by atoms with Crippen LogP contribution in [-0.4, -0.2) is 85.0 Å². The lowest BCUT2D eigenvalue weighted by Crippen LogP contribution is -2.76. The first kappa shape index (κ1) is 21.8. The van der Waals surface area contributed by atoms with Crippen molar-refractivity contribution in [2.45, 2.75) is 75.9 Å². The fraction of sp³-hybridized carbons (Fsp3) is 0.960. The van der Waals surface area contributed by atoms with Gasteiger partial charge in [-0.3, -0.25) is 9.69 Å².